The maximum absolute atomic E-state index is 11.0. The zero-order valence-corrected chi connectivity index (χ0v) is 8.77. The van der Waals surface area contributed by atoms with Crippen molar-refractivity contribution in [2.24, 2.45) is 0 Å². The summed E-state index contributed by atoms with van der Waals surface area (Å²) in [4.78, 5) is 15.1. The molecule has 0 radical (unpaired) electrons. The molecule has 0 unspecified atom stereocenters. The molecule has 1 aromatic carbocycles. The number of hydrogen-bond donors (Lipinski definition) is 0. The molecular formula is C12H12N2O. The summed E-state index contributed by atoms with van der Waals surface area (Å²) in [5, 5.41) is 0. The Hall–Kier alpha value is -1.90. The van der Waals surface area contributed by atoms with E-state index in [0.717, 1.165) is 23.4 Å². The van der Waals surface area contributed by atoms with Crippen LogP contribution in [0.25, 0.3) is 5.69 Å². The van der Waals surface area contributed by atoms with Gasteiger partial charge in [0, 0.05) is 18.0 Å². The van der Waals surface area contributed by atoms with Crippen LogP contribution in [-0.4, -0.2) is 15.8 Å². The zero-order chi connectivity index (χ0) is 10.8. The summed E-state index contributed by atoms with van der Waals surface area (Å²) in [5.74, 6) is 0.877. The summed E-state index contributed by atoms with van der Waals surface area (Å²) >= 11 is 0. The topological polar surface area (TPSA) is 34.9 Å². The molecule has 0 spiro atoms. The Kier molecular flexibility index (Phi) is 2.37. The van der Waals surface area contributed by atoms with Gasteiger partial charge in [0.25, 0.3) is 0 Å². The monoisotopic (exact) mass is 200 g/mol. The number of aromatic nitrogens is 2. The van der Waals surface area contributed by atoms with Gasteiger partial charge in [-0.25, -0.2) is 4.98 Å². The van der Waals surface area contributed by atoms with Gasteiger partial charge in [-0.2, -0.15) is 0 Å². The fourth-order valence-electron chi connectivity index (χ4n) is 1.62. The number of imidazole rings is 1. The number of nitrogens with zero attached hydrogens (tertiary/aromatic N) is 2. The molecule has 0 amide bonds. The molecule has 2 aromatic rings. The van der Waals surface area contributed by atoms with Gasteiger partial charge in [-0.15, -0.1) is 0 Å². The Balaban J connectivity index is 2.63. The Bertz CT molecular complexity index is 500. The first-order valence-corrected chi connectivity index (χ1v) is 4.78. The van der Waals surface area contributed by atoms with Crippen LogP contribution in [0, 0.1) is 13.8 Å². The minimum Gasteiger partial charge on any atom is -0.303 e. The number of aryl methyl sites for hydroxylation is 2. The highest BCUT2D eigenvalue weighted by atomic mass is 16.1. The highest BCUT2D eigenvalue weighted by Crippen LogP contribution is 2.16. The predicted molar refractivity (Wildman–Crippen MR) is 58.4 cm³/mol. The van der Waals surface area contributed by atoms with Gasteiger partial charge in [0.1, 0.15) is 5.82 Å². The van der Waals surface area contributed by atoms with E-state index in [-0.39, 0.29) is 0 Å². The minimum atomic E-state index is 0.691. The molecule has 3 heteroatoms. The first kappa shape index (κ1) is 9.65. The van der Waals surface area contributed by atoms with E-state index in [1.165, 1.54) is 0 Å². The van der Waals surface area contributed by atoms with Gasteiger partial charge in [-0.1, -0.05) is 11.6 Å². The minimum absolute atomic E-state index is 0.691. The van der Waals surface area contributed by atoms with Crippen molar-refractivity contribution >= 4 is 6.29 Å². The summed E-state index contributed by atoms with van der Waals surface area (Å²) in [6.45, 7) is 3.88. The largest absolute Gasteiger partial charge is 0.303 e. The summed E-state index contributed by atoms with van der Waals surface area (Å²) in [6.07, 6.45) is 4.46. The van der Waals surface area contributed by atoms with Crippen LogP contribution in [0.15, 0.2) is 30.6 Å². The van der Waals surface area contributed by atoms with Crippen LogP contribution in [0.3, 0.4) is 0 Å². The van der Waals surface area contributed by atoms with Gasteiger partial charge in [-0.05, 0) is 26.0 Å². The van der Waals surface area contributed by atoms with Crippen molar-refractivity contribution in [3.63, 3.8) is 0 Å². The smallest absolute Gasteiger partial charge is 0.152 e. The Morgan fingerprint density at radius 2 is 2.13 bits per heavy atom. The second-order valence-corrected chi connectivity index (χ2v) is 3.52. The summed E-state index contributed by atoms with van der Waals surface area (Å²) in [7, 11) is 0. The van der Waals surface area contributed by atoms with E-state index in [9.17, 15) is 4.79 Å². The summed E-state index contributed by atoms with van der Waals surface area (Å²) in [6, 6.07) is 5.80. The van der Waals surface area contributed by atoms with E-state index in [4.69, 9.17) is 0 Å². The molecule has 0 saturated carbocycles. The van der Waals surface area contributed by atoms with Crippen LogP contribution in [0.4, 0.5) is 0 Å². The predicted octanol–water partition coefficient (Wildman–Crippen LogP) is 2.30. The maximum Gasteiger partial charge on any atom is 0.152 e. The first-order chi connectivity index (χ1) is 7.22. The fourth-order valence-corrected chi connectivity index (χ4v) is 1.62. The zero-order valence-electron chi connectivity index (χ0n) is 8.77. The second-order valence-electron chi connectivity index (χ2n) is 3.52. The molecule has 2 rings (SSSR count). The molecule has 1 aromatic heterocycles. The van der Waals surface area contributed by atoms with Crippen molar-refractivity contribution in [3.8, 4) is 5.69 Å². The number of carbonyl (C=O) groups excluding carboxylic acids is 1. The summed E-state index contributed by atoms with van der Waals surface area (Å²) in [5.41, 5.74) is 2.65. The third kappa shape index (κ3) is 1.68. The molecular weight excluding hydrogens is 188 g/mol. The molecule has 0 fully saturated rings. The second kappa shape index (κ2) is 3.69. The van der Waals surface area contributed by atoms with Crippen LogP contribution in [0.2, 0.25) is 0 Å². The Morgan fingerprint density at radius 3 is 2.73 bits per heavy atom. The van der Waals surface area contributed by atoms with Crippen LogP contribution in [0.1, 0.15) is 21.7 Å². The fraction of sp³-hybridized carbons (Fsp3) is 0.167. The number of rotatable bonds is 2. The lowest BCUT2D eigenvalue weighted by atomic mass is 10.1. The molecule has 0 aliphatic rings. The number of carbonyl (C=O) groups is 1. The van der Waals surface area contributed by atoms with E-state index in [2.05, 4.69) is 4.98 Å². The highest BCUT2D eigenvalue weighted by Gasteiger charge is 2.05. The lowest BCUT2D eigenvalue weighted by Gasteiger charge is -2.08. The number of benzene rings is 1. The molecule has 15 heavy (non-hydrogen) atoms. The van der Waals surface area contributed by atoms with E-state index in [1.807, 2.05) is 42.8 Å². The third-order valence-electron chi connectivity index (χ3n) is 2.40. The van der Waals surface area contributed by atoms with Gasteiger partial charge in [-0.3, -0.25) is 4.79 Å². The molecule has 0 aliphatic carbocycles. The number of aldehydes is 1. The Labute approximate surface area is 88.4 Å². The molecule has 0 bridgehead atoms. The summed E-state index contributed by atoms with van der Waals surface area (Å²) < 4.78 is 1.91. The lowest BCUT2D eigenvalue weighted by Crippen LogP contribution is -2.00. The highest BCUT2D eigenvalue weighted by molar-refractivity contribution is 5.81. The van der Waals surface area contributed by atoms with E-state index < -0.39 is 0 Å². The molecule has 0 saturated heterocycles. The van der Waals surface area contributed by atoms with Gasteiger partial charge < -0.3 is 4.57 Å². The molecule has 76 valence electrons. The van der Waals surface area contributed by atoms with Crippen LogP contribution in [-0.2, 0) is 0 Å². The van der Waals surface area contributed by atoms with Crippen molar-refractivity contribution in [3.05, 3.63) is 47.5 Å². The van der Waals surface area contributed by atoms with Gasteiger partial charge in [0.05, 0.1) is 5.69 Å². The van der Waals surface area contributed by atoms with Crippen molar-refractivity contribution < 1.29 is 4.79 Å². The van der Waals surface area contributed by atoms with Crippen LogP contribution >= 0.6 is 0 Å². The first-order valence-electron chi connectivity index (χ1n) is 4.78. The quantitative estimate of drug-likeness (QED) is 0.697. The third-order valence-corrected chi connectivity index (χ3v) is 2.40. The van der Waals surface area contributed by atoms with Gasteiger partial charge in [0.15, 0.2) is 6.29 Å². The maximum atomic E-state index is 11.0. The van der Waals surface area contributed by atoms with Gasteiger partial charge >= 0.3 is 0 Å². The average molecular weight is 200 g/mol. The molecule has 1 heterocycles. The SMILES string of the molecule is Cc1ccc(-n2ccnc2C)c(C=O)c1. The van der Waals surface area contributed by atoms with Crippen LogP contribution in [0.5, 0.6) is 0 Å². The molecule has 0 N–H and O–H groups in total. The lowest BCUT2D eigenvalue weighted by molar-refractivity contribution is 0.112. The van der Waals surface area contributed by atoms with E-state index in [0.29, 0.717) is 5.56 Å². The van der Waals surface area contributed by atoms with Crippen LogP contribution < -0.4 is 0 Å². The normalized spacial score (nSPS) is 10.3. The molecule has 0 aliphatic heterocycles. The van der Waals surface area contributed by atoms with Crippen molar-refractivity contribution in [1.29, 1.82) is 0 Å². The Morgan fingerprint density at radius 1 is 1.33 bits per heavy atom. The van der Waals surface area contributed by atoms with E-state index in [1.54, 1.807) is 6.20 Å². The average Bonchev–Trinajstić information content (AvgIpc) is 2.64. The van der Waals surface area contributed by atoms with E-state index >= 15 is 0 Å². The molecule has 3 nitrogen and oxygen atoms in total. The van der Waals surface area contributed by atoms with Crippen molar-refractivity contribution in [1.82, 2.24) is 9.55 Å². The van der Waals surface area contributed by atoms with Crippen molar-refractivity contribution in [2.45, 2.75) is 13.8 Å². The standard InChI is InChI=1S/C12H12N2O/c1-9-3-4-12(11(7-9)8-15)14-6-5-13-10(14)2/h3-8H,1-2H3. The molecule has 0 atom stereocenters. The van der Waals surface area contributed by atoms with Crippen molar-refractivity contribution in [2.75, 3.05) is 0 Å². The number of hydrogen-bond acceptors (Lipinski definition) is 2. The van der Waals surface area contributed by atoms with Gasteiger partial charge in [0.2, 0.25) is 0 Å².